The second-order valence-corrected chi connectivity index (χ2v) is 9.95. The molecule has 2 aromatic carbocycles. The van der Waals surface area contributed by atoms with Crippen LogP contribution >= 0.6 is 15.9 Å². The average molecular weight is 476 g/mol. The Bertz CT molecular complexity index is 1140. The van der Waals surface area contributed by atoms with Crippen molar-refractivity contribution in [1.29, 1.82) is 0 Å². The zero-order valence-electron chi connectivity index (χ0n) is 15.3. The number of carbonyl (C=O) groups excluding carboxylic acids is 1. The summed E-state index contributed by atoms with van der Waals surface area (Å²) in [5, 5.41) is 14.5. The first-order valence-electron chi connectivity index (χ1n) is 9.03. The molecule has 10 heteroatoms. The predicted octanol–water partition coefficient (Wildman–Crippen LogP) is 2.99. The lowest BCUT2D eigenvalue weighted by Crippen LogP contribution is -2.23. The maximum Gasteiger partial charge on any atom is 0.239 e. The Hall–Kier alpha value is -2.59. The average Bonchev–Trinajstić information content (AvgIpc) is 3.38. The molecule has 1 aliphatic rings. The number of halogens is 1. The number of amides is 1. The van der Waals surface area contributed by atoms with Gasteiger partial charge in [-0.15, -0.1) is 5.10 Å². The molecule has 0 aliphatic heterocycles. The van der Waals surface area contributed by atoms with E-state index in [9.17, 15) is 13.2 Å². The molecule has 4 rings (SSSR count). The van der Waals surface area contributed by atoms with Crippen molar-refractivity contribution in [2.75, 3.05) is 11.1 Å². The fourth-order valence-corrected chi connectivity index (χ4v) is 4.69. The van der Waals surface area contributed by atoms with Gasteiger partial charge >= 0.3 is 0 Å². The second-order valence-electron chi connectivity index (χ2n) is 6.97. The second kappa shape index (κ2) is 8.03. The number of nitrogens with zero attached hydrogens (tertiary/aromatic N) is 4. The smallest absolute Gasteiger partial charge is 0.239 e. The van der Waals surface area contributed by atoms with Crippen molar-refractivity contribution >= 4 is 37.4 Å². The molecule has 1 aliphatic carbocycles. The van der Waals surface area contributed by atoms with Gasteiger partial charge in [-0.05, 0) is 65.2 Å². The quantitative estimate of drug-likeness (QED) is 0.562. The number of benzene rings is 2. The summed E-state index contributed by atoms with van der Waals surface area (Å²) >= 11 is 3.31. The first-order chi connectivity index (χ1) is 13.9. The molecule has 0 saturated heterocycles. The number of aromatic nitrogens is 4. The van der Waals surface area contributed by atoms with Gasteiger partial charge in [0.25, 0.3) is 0 Å². The molecule has 0 atom stereocenters. The number of carbonyl (C=O) groups is 1. The Kier molecular flexibility index (Phi) is 5.46. The van der Waals surface area contributed by atoms with Crippen LogP contribution < -0.4 is 5.32 Å². The third-order valence-corrected chi connectivity index (χ3v) is 6.41. The molecule has 0 unspecified atom stereocenters. The van der Waals surface area contributed by atoms with E-state index >= 15 is 0 Å². The fourth-order valence-electron chi connectivity index (χ4n) is 2.98. The number of sulfone groups is 1. The van der Waals surface area contributed by atoms with Crippen molar-refractivity contribution in [2.24, 2.45) is 0 Å². The van der Waals surface area contributed by atoms with Gasteiger partial charge in [0.05, 0.1) is 11.8 Å². The molecule has 1 heterocycles. The van der Waals surface area contributed by atoms with Gasteiger partial charge in [-0.2, -0.15) is 0 Å². The monoisotopic (exact) mass is 475 g/mol. The summed E-state index contributed by atoms with van der Waals surface area (Å²) in [5.74, 6) is -0.665. The van der Waals surface area contributed by atoms with Crippen LogP contribution in [0.5, 0.6) is 0 Å². The highest BCUT2D eigenvalue weighted by Gasteiger charge is 2.28. The van der Waals surface area contributed by atoms with Crippen molar-refractivity contribution < 1.29 is 13.2 Å². The Labute approximate surface area is 176 Å². The molecular formula is C19H18BrN5O3S. The van der Waals surface area contributed by atoms with E-state index in [2.05, 4.69) is 36.8 Å². The van der Waals surface area contributed by atoms with Gasteiger partial charge < -0.3 is 5.32 Å². The van der Waals surface area contributed by atoms with Crippen molar-refractivity contribution in [3.05, 3.63) is 58.6 Å². The van der Waals surface area contributed by atoms with Gasteiger partial charge in [0.2, 0.25) is 5.91 Å². The molecule has 1 fully saturated rings. The van der Waals surface area contributed by atoms with Gasteiger partial charge in [0.15, 0.2) is 15.7 Å². The van der Waals surface area contributed by atoms with Gasteiger partial charge in [-0.3, -0.25) is 4.79 Å². The fraction of sp³-hybridized carbons (Fsp3) is 0.263. The summed E-state index contributed by atoms with van der Waals surface area (Å²) in [6.07, 6.45) is 2.14. The minimum Gasteiger partial charge on any atom is -0.325 e. The predicted molar refractivity (Wildman–Crippen MR) is 112 cm³/mol. The Balaban J connectivity index is 1.38. The zero-order valence-corrected chi connectivity index (χ0v) is 17.7. The zero-order chi connectivity index (χ0) is 20.4. The standard InChI is InChI=1S/C19H18BrN5O3S/c20-15-3-1-2-13(10-15)11-29(27,28)12-18(26)21-16-6-4-14(5-7-16)19-22-23-24-25(19)17-8-9-17/h1-7,10,17H,8-9,11-12H2,(H,21,26). The molecule has 0 radical (unpaired) electrons. The number of anilines is 1. The van der Waals surface area contributed by atoms with Crippen molar-refractivity contribution in [3.8, 4) is 11.4 Å². The summed E-state index contributed by atoms with van der Waals surface area (Å²) < 4.78 is 27.3. The lowest BCUT2D eigenvalue weighted by Gasteiger charge is -2.08. The van der Waals surface area contributed by atoms with Crippen LogP contribution in [0.4, 0.5) is 5.69 Å². The van der Waals surface area contributed by atoms with Crippen LogP contribution in [-0.4, -0.2) is 40.3 Å². The van der Waals surface area contributed by atoms with E-state index < -0.39 is 21.5 Å². The number of hydrogen-bond donors (Lipinski definition) is 1. The summed E-state index contributed by atoms with van der Waals surface area (Å²) in [4.78, 5) is 12.2. The first-order valence-corrected chi connectivity index (χ1v) is 11.6. The van der Waals surface area contributed by atoms with Crippen LogP contribution in [0.1, 0.15) is 24.4 Å². The molecule has 3 aromatic rings. The highest BCUT2D eigenvalue weighted by Crippen LogP contribution is 2.36. The highest BCUT2D eigenvalue weighted by atomic mass is 79.9. The lowest BCUT2D eigenvalue weighted by atomic mass is 10.2. The lowest BCUT2D eigenvalue weighted by molar-refractivity contribution is -0.113. The molecule has 8 nitrogen and oxygen atoms in total. The summed E-state index contributed by atoms with van der Waals surface area (Å²) in [5.41, 5.74) is 1.98. The largest absolute Gasteiger partial charge is 0.325 e. The van der Waals surface area contributed by atoms with Crippen molar-refractivity contribution in [3.63, 3.8) is 0 Å². The van der Waals surface area contributed by atoms with Crippen LogP contribution in [0.3, 0.4) is 0 Å². The van der Waals surface area contributed by atoms with E-state index in [0.717, 1.165) is 22.9 Å². The van der Waals surface area contributed by atoms with E-state index in [4.69, 9.17) is 0 Å². The minimum atomic E-state index is -3.59. The Morgan fingerprint density at radius 3 is 2.62 bits per heavy atom. The van der Waals surface area contributed by atoms with Gasteiger partial charge in [0, 0.05) is 15.7 Å². The molecule has 150 valence electrons. The van der Waals surface area contributed by atoms with Crippen LogP contribution in [0, 0.1) is 0 Å². The summed E-state index contributed by atoms with van der Waals surface area (Å²) in [6.45, 7) is 0. The third kappa shape index (κ3) is 5.07. The van der Waals surface area contributed by atoms with E-state index in [1.807, 2.05) is 10.7 Å². The number of nitrogens with one attached hydrogen (secondary N) is 1. The van der Waals surface area contributed by atoms with E-state index in [1.54, 1.807) is 42.5 Å². The van der Waals surface area contributed by atoms with E-state index in [1.165, 1.54) is 0 Å². The third-order valence-electron chi connectivity index (χ3n) is 4.44. The van der Waals surface area contributed by atoms with Crippen LogP contribution in [0.15, 0.2) is 53.0 Å². The topological polar surface area (TPSA) is 107 Å². The summed E-state index contributed by atoms with van der Waals surface area (Å²) in [6, 6.07) is 14.4. The van der Waals surface area contributed by atoms with Crippen LogP contribution in [0.25, 0.3) is 11.4 Å². The molecule has 0 bridgehead atoms. The normalized spacial score (nSPS) is 14.0. The maximum atomic E-state index is 12.3. The first kappa shape index (κ1) is 19.7. The molecular weight excluding hydrogens is 458 g/mol. The number of tetrazole rings is 1. The molecule has 1 amide bonds. The Morgan fingerprint density at radius 2 is 1.93 bits per heavy atom. The van der Waals surface area contributed by atoms with Gasteiger partial charge in [-0.1, -0.05) is 28.1 Å². The van der Waals surface area contributed by atoms with Gasteiger partial charge in [0.1, 0.15) is 5.75 Å². The molecule has 1 aromatic heterocycles. The van der Waals surface area contributed by atoms with Crippen LogP contribution in [0.2, 0.25) is 0 Å². The minimum absolute atomic E-state index is 0.192. The number of rotatable bonds is 7. The SMILES string of the molecule is O=C(CS(=O)(=O)Cc1cccc(Br)c1)Nc1ccc(-c2nnnn2C2CC2)cc1. The molecule has 0 spiro atoms. The molecule has 1 saturated carbocycles. The highest BCUT2D eigenvalue weighted by molar-refractivity contribution is 9.10. The Morgan fingerprint density at radius 1 is 1.17 bits per heavy atom. The molecule has 1 N–H and O–H groups in total. The van der Waals surface area contributed by atoms with Crippen LogP contribution in [-0.2, 0) is 20.4 Å². The van der Waals surface area contributed by atoms with Crippen molar-refractivity contribution in [2.45, 2.75) is 24.6 Å². The maximum absolute atomic E-state index is 12.3. The molecule has 29 heavy (non-hydrogen) atoms. The van der Waals surface area contributed by atoms with Gasteiger partial charge in [-0.25, -0.2) is 13.1 Å². The van der Waals surface area contributed by atoms with E-state index in [0.29, 0.717) is 23.1 Å². The summed E-state index contributed by atoms with van der Waals surface area (Å²) in [7, 11) is -3.59. The number of hydrogen-bond acceptors (Lipinski definition) is 6. The van der Waals surface area contributed by atoms with E-state index in [-0.39, 0.29) is 5.75 Å². The van der Waals surface area contributed by atoms with Crippen molar-refractivity contribution in [1.82, 2.24) is 20.2 Å².